The smallest absolute Gasteiger partial charge is 0.274 e. The van der Waals surface area contributed by atoms with Gasteiger partial charge < -0.3 is 10.6 Å². The van der Waals surface area contributed by atoms with E-state index in [2.05, 4.69) is 20.6 Å². The Hall–Kier alpha value is -1.85. The highest BCUT2D eigenvalue weighted by Gasteiger charge is 2.22. The first-order valence-electron chi connectivity index (χ1n) is 6.48. The summed E-state index contributed by atoms with van der Waals surface area (Å²) in [6.45, 7) is 0. The van der Waals surface area contributed by atoms with Crippen LogP contribution in [-0.2, 0) is 0 Å². The fourth-order valence-electron chi connectivity index (χ4n) is 1.74. The maximum Gasteiger partial charge on any atom is 0.274 e. The molecule has 0 saturated heterocycles. The highest BCUT2D eigenvalue weighted by atomic mass is 35.5. The normalized spacial score (nSPS) is 13.8. The van der Waals surface area contributed by atoms with Gasteiger partial charge in [0.2, 0.25) is 5.95 Å². The lowest BCUT2D eigenvalue weighted by Gasteiger charge is -2.08. The Morgan fingerprint density at radius 1 is 1.24 bits per heavy atom. The lowest BCUT2D eigenvalue weighted by molar-refractivity contribution is 0.102. The molecule has 0 unspecified atom stereocenters. The molecule has 1 fully saturated rings. The summed E-state index contributed by atoms with van der Waals surface area (Å²) in [4.78, 5) is 20.5. The highest BCUT2D eigenvalue weighted by Crippen LogP contribution is 2.26. The minimum atomic E-state index is -0.347. The first-order chi connectivity index (χ1) is 10.1. The molecule has 1 aliphatic rings. The number of hydrogen-bond acceptors (Lipinski definition) is 4. The second-order valence-electron chi connectivity index (χ2n) is 4.76. The summed E-state index contributed by atoms with van der Waals surface area (Å²) in [5.74, 6) is 0.118. The van der Waals surface area contributed by atoms with Gasteiger partial charge in [0.25, 0.3) is 5.91 Å². The zero-order valence-corrected chi connectivity index (χ0v) is 12.4. The molecule has 2 aromatic rings. The summed E-state index contributed by atoms with van der Waals surface area (Å²) in [7, 11) is 0. The molecule has 7 heteroatoms. The minimum Gasteiger partial charge on any atom is -0.351 e. The number of nitrogens with zero attached hydrogens (tertiary/aromatic N) is 2. The van der Waals surface area contributed by atoms with E-state index in [4.69, 9.17) is 23.2 Å². The van der Waals surface area contributed by atoms with Gasteiger partial charge in [-0.1, -0.05) is 23.2 Å². The number of rotatable bonds is 4. The molecule has 0 bridgehead atoms. The molecular weight excluding hydrogens is 311 g/mol. The van der Waals surface area contributed by atoms with Gasteiger partial charge in [-0.25, -0.2) is 9.97 Å². The van der Waals surface area contributed by atoms with Gasteiger partial charge in [-0.15, -0.1) is 0 Å². The fraction of sp³-hybridized carbons (Fsp3) is 0.214. The molecule has 21 heavy (non-hydrogen) atoms. The van der Waals surface area contributed by atoms with Crippen LogP contribution in [0, 0.1) is 0 Å². The van der Waals surface area contributed by atoms with Gasteiger partial charge in [0.15, 0.2) is 0 Å². The van der Waals surface area contributed by atoms with E-state index in [0.29, 0.717) is 27.7 Å². The zero-order chi connectivity index (χ0) is 14.8. The fourth-order valence-corrected chi connectivity index (χ4v) is 2.20. The van der Waals surface area contributed by atoms with Crippen LogP contribution in [0.3, 0.4) is 0 Å². The largest absolute Gasteiger partial charge is 0.351 e. The maximum absolute atomic E-state index is 12.2. The number of benzene rings is 1. The van der Waals surface area contributed by atoms with Crippen LogP contribution in [0.15, 0.2) is 30.5 Å². The number of anilines is 2. The Balaban J connectivity index is 1.75. The van der Waals surface area contributed by atoms with Crippen molar-refractivity contribution in [1.29, 1.82) is 0 Å². The van der Waals surface area contributed by atoms with Crippen molar-refractivity contribution in [2.75, 3.05) is 10.6 Å². The number of nitrogens with one attached hydrogen (secondary N) is 2. The first-order valence-corrected chi connectivity index (χ1v) is 7.23. The maximum atomic E-state index is 12.2. The van der Waals surface area contributed by atoms with Crippen molar-refractivity contribution in [1.82, 2.24) is 9.97 Å². The molecule has 0 aliphatic heterocycles. The van der Waals surface area contributed by atoms with Crippen LogP contribution in [0.4, 0.5) is 11.6 Å². The van der Waals surface area contributed by atoms with Crippen molar-refractivity contribution < 1.29 is 4.79 Å². The summed E-state index contributed by atoms with van der Waals surface area (Å²) in [6, 6.07) is 6.85. The van der Waals surface area contributed by atoms with Crippen LogP contribution < -0.4 is 10.6 Å². The quantitative estimate of drug-likeness (QED) is 0.902. The predicted octanol–water partition coefficient (Wildman–Crippen LogP) is 3.61. The molecule has 1 aromatic heterocycles. The molecule has 5 nitrogen and oxygen atoms in total. The Kier molecular flexibility index (Phi) is 3.94. The molecule has 1 aromatic carbocycles. The van der Waals surface area contributed by atoms with E-state index in [1.54, 1.807) is 30.5 Å². The third-order valence-electron chi connectivity index (χ3n) is 2.98. The van der Waals surface area contributed by atoms with E-state index < -0.39 is 0 Å². The van der Waals surface area contributed by atoms with E-state index in [-0.39, 0.29) is 11.6 Å². The molecule has 0 atom stereocenters. The van der Waals surface area contributed by atoms with Crippen molar-refractivity contribution >= 4 is 40.7 Å². The standard InChI is InChI=1S/C14H12Cl2N4O/c15-8-1-4-11(10(16)7-8)19-13(21)12-5-6-17-14(20-12)18-9-2-3-9/h1,4-7,9H,2-3H2,(H,19,21)(H,17,18,20). The van der Waals surface area contributed by atoms with Crippen LogP contribution in [-0.4, -0.2) is 21.9 Å². The third-order valence-corrected chi connectivity index (χ3v) is 3.53. The number of carbonyl (C=O) groups is 1. The molecule has 1 aliphatic carbocycles. The Bertz CT molecular complexity index is 688. The van der Waals surface area contributed by atoms with Gasteiger partial charge in [-0.2, -0.15) is 0 Å². The summed E-state index contributed by atoms with van der Waals surface area (Å²) < 4.78 is 0. The van der Waals surface area contributed by atoms with Gasteiger partial charge >= 0.3 is 0 Å². The van der Waals surface area contributed by atoms with Gasteiger partial charge in [0.1, 0.15) is 5.69 Å². The minimum absolute atomic E-state index is 0.277. The average molecular weight is 323 g/mol. The van der Waals surface area contributed by atoms with E-state index in [0.717, 1.165) is 12.8 Å². The van der Waals surface area contributed by atoms with Gasteiger partial charge in [0.05, 0.1) is 10.7 Å². The number of aromatic nitrogens is 2. The van der Waals surface area contributed by atoms with E-state index >= 15 is 0 Å². The topological polar surface area (TPSA) is 66.9 Å². The Morgan fingerprint density at radius 2 is 2.05 bits per heavy atom. The SMILES string of the molecule is O=C(Nc1ccc(Cl)cc1Cl)c1ccnc(NC2CC2)n1. The van der Waals surface area contributed by atoms with Crippen LogP contribution in [0.5, 0.6) is 0 Å². The summed E-state index contributed by atoms with van der Waals surface area (Å²) in [5.41, 5.74) is 0.764. The molecule has 1 saturated carbocycles. The molecule has 108 valence electrons. The molecule has 3 rings (SSSR count). The van der Waals surface area contributed by atoms with Gasteiger partial charge in [0, 0.05) is 17.3 Å². The molecule has 0 radical (unpaired) electrons. The Morgan fingerprint density at radius 3 is 2.76 bits per heavy atom. The average Bonchev–Trinajstić information content (AvgIpc) is 3.26. The van der Waals surface area contributed by atoms with E-state index in [1.807, 2.05) is 0 Å². The number of carbonyl (C=O) groups excluding carboxylic acids is 1. The van der Waals surface area contributed by atoms with Crippen LogP contribution in [0.25, 0.3) is 0 Å². The highest BCUT2D eigenvalue weighted by molar-refractivity contribution is 6.36. The summed E-state index contributed by atoms with van der Waals surface area (Å²) in [5, 5.41) is 6.74. The molecule has 2 N–H and O–H groups in total. The molecule has 0 spiro atoms. The lowest BCUT2D eigenvalue weighted by atomic mass is 10.3. The molecule has 1 heterocycles. The van der Waals surface area contributed by atoms with E-state index in [9.17, 15) is 4.79 Å². The first kappa shape index (κ1) is 14.1. The van der Waals surface area contributed by atoms with Crippen LogP contribution >= 0.6 is 23.2 Å². The lowest BCUT2D eigenvalue weighted by Crippen LogP contribution is -2.16. The van der Waals surface area contributed by atoms with Crippen LogP contribution in [0.2, 0.25) is 10.0 Å². The van der Waals surface area contributed by atoms with Crippen LogP contribution in [0.1, 0.15) is 23.3 Å². The second kappa shape index (κ2) is 5.87. The van der Waals surface area contributed by atoms with Crippen molar-refractivity contribution in [2.24, 2.45) is 0 Å². The van der Waals surface area contributed by atoms with Crippen molar-refractivity contribution in [2.45, 2.75) is 18.9 Å². The summed E-state index contributed by atoms with van der Waals surface area (Å²) >= 11 is 11.8. The monoisotopic (exact) mass is 322 g/mol. The van der Waals surface area contributed by atoms with Crippen molar-refractivity contribution in [3.05, 3.63) is 46.2 Å². The number of hydrogen-bond donors (Lipinski definition) is 2. The second-order valence-corrected chi connectivity index (χ2v) is 5.61. The number of halogens is 2. The Labute approximate surface area is 131 Å². The number of amides is 1. The zero-order valence-electron chi connectivity index (χ0n) is 10.9. The van der Waals surface area contributed by atoms with Crippen molar-refractivity contribution in [3.63, 3.8) is 0 Å². The summed E-state index contributed by atoms with van der Waals surface area (Å²) in [6.07, 6.45) is 3.77. The van der Waals surface area contributed by atoms with Crippen molar-refractivity contribution in [3.8, 4) is 0 Å². The third kappa shape index (κ3) is 3.62. The van der Waals surface area contributed by atoms with Gasteiger partial charge in [-0.3, -0.25) is 4.79 Å². The predicted molar refractivity (Wildman–Crippen MR) is 83.1 cm³/mol. The molecule has 1 amide bonds. The molecular formula is C14H12Cl2N4O. The van der Waals surface area contributed by atoms with Gasteiger partial charge in [-0.05, 0) is 37.1 Å². The van der Waals surface area contributed by atoms with E-state index in [1.165, 1.54) is 0 Å².